The number of aryl methyl sites for hydroxylation is 1. The van der Waals surface area contributed by atoms with Crippen molar-refractivity contribution in [3.63, 3.8) is 0 Å². The molecule has 0 amide bonds. The minimum Gasteiger partial charge on any atom is -0.381 e. The van der Waals surface area contributed by atoms with Gasteiger partial charge in [0.1, 0.15) is 5.82 Å². The van der Waals surface area contributed by atoms with Crippen molar-refractivity contribution in [1.82, 2.24) is 5.32 Å². The summed E-state index contributed by atoms with van der Waals surface area (Å²) >= 11 is 0. The van der Waals surface area contributed by atoms with Crippen LogP contribution in [0.15, 0.2) is 90.2 Å². The number of hydrogen-bond acceptors (Lipinski definition) is 1. The van der Waals surface area contributed by atoms with Crippen LogP contribution >= 0.6 is 0 Å². The third-order valence-electron chi connectivity index (χ3n) is 4.28. The van der Waals surface area contributed by atoms with E-state index in [1.807, 2.05) is 32.9 Å². The van der Waals surface area contributed by atoms with Crippen LogP contribution in [0.25, 0.3) is 0 Å². The van der Waals surface area contributed by atoms with E-state index in [0.717, 1.165) is 27.9 Å². The largest absolute Gasteiger partial charge is 0.381 e. The second-order valence-electron chi connectivity index (χ2n) is 6.08. The van der Waals surface area contributed by atoms with Gasteiger partial charge in [-0.25, -0.2) is 4.39 Å². The van der Waals surface area contributed by atoms with Crippen LogP contribution in [0.5, 0.6) is 0 Å². The van der Waals surface area contributed by atoms with Crippen LogP contribution in [-0.4, -0.2) is 0 Å². The molecule has 0 bridgehead atoms. The first-order valence-corrected chi connectivity index (χ1v) is 8.26. The molecule has 1 N–H and O–H groups in total. The maximum absolute atomic E-state index is 14.1. The van der Waals surface area contributed by atoms with Crippen LogP contribution in [0.3, 0.4) is 0 Å². The van der Waals surface area contributed by atoms with Gasteiger partial charge < -0.3 is 5.32 Å². The molecule has 0 heterocycles. The first-order valence-electron chi connectivity index (χ1n) is 8.26. The Balaban J connectivity index is 3.00. The van der Waals surface area contributed by atoms with Gasteiger partial charge in [-0.15, -0.1) is 0 Å². The van der Waals surface area contributed by atoms with Gasteiger partial charge in [-0.2, -0.15) is 0 Å². The summed E-state index contributed by atoms with van der Waals surface area (Å²) < 4.78 is 14.1. The highest BCUT2D eigenvalue weighted by Crippen LogP contribution is 2.28. The standard InChI is InChI=1S/C23H28FN/c1-9-21(17(6)15(3)4)18(7)22(10-2)19(8)25-14-20-13-11-12-16(5)23(20)24/h9-13,25H,1,3,7-8,14H2,2,4-6H3/b21-17+,22-10+. The number of halogens is 1. The van der Waals surface area contributed by atoms with Crippen molar-refractivity contribution in [2.24, 2.45) is 0 Å². The van der Waals surface area contributed by atoms with Crippen molar-refractivity contribution >= 4 is 0 Å². The lowest BCUT2D eigenvalue weighted by molar-refractivity contribution is 0.593. The SMILES string of the molecule is C=C/C(C(=C)/C(=C\C)C(=C)NCc1cccc(C)c1F)=C(/C)C(=C)C. The fraction of sp³-hybridized carbons (Fsp3) is 0.217. The number of rotatable bonds is 8. The molecule has 0 fully saturated rings. The van der Waals surface area contributed by atoms with E-state index in [1.54, 1.807) is 25.1 Å². The first kappa shape index (κ1) is 20.4. The molecule has 0 aliphatic heterocycles. The third kappa shape index (κ3) is 4.93. The van der Waals surface area contributed by atoms with Crippen LogP contribution < -0.4 is 5.32 Å². The quantitative estimate of drug-likeness (QED) is 0.547. The lowest BCUT2D eigenvalue weighted by Gasteiger charge is -2.19. The lowest BCUT2D eigenvalue weighted by Crippen LogP contribution is -2.16. The molecule has 1 aromatic rings. The Morgan fingerprint density at radius 2 is 1.84 bits per heavy atom. The fourth-order valence-corrected chi connectivity index (χ4v) is 2.55. The fourth-order valence-electron chi connectivity index (χ4n) is 2.55. The topological polar surface area (TPSA) is 12.0 Å². The summed E-state index contributed by atoms with van der Waals surface area (Å²) in [6.07, 6.45) is 3.73. The van der Waals surface area contributed by atoms with Crippen molar-refractivity contribution in [3.05, 3.63) is 107 Å². The van der Waals surface area contributed by atoms with Gasteiger partial charge >= 0.3 is 0 Å². The summed E-state index contributed by atoms with van der Waals surface area (Å²) in [4.78, 5) is 0. The summed E-state index contributed by atoms with van der Waals surface area (Å²) in [6.45, 7) is 24.2. The molecule has 0 radical (unpaired) electrons. The van der Waals surface area contributed by atoms with Crippen LogP contribution in [0.2, 0.25) is 0 Å². The van der Waals surface area contributed by atoms with Crippen molar-refractivity contribution in [3.8, 4) is 0 Å². The predicted octanol–water partition coefficient (Wildman–Crippen LogP) is 6.32. The number of hydrogen-bond donors (Lipinski definition) is 1. The van der Waals surface area contributed by atoms with E-state index in [4.69, 9.17) is 0 Å². The number of allylic oxidation sites excluding steroid dienone is 6. The Bertz CT molecular complexity index is 775. The normalized spacial score (nSPS) is 12.3. The molecular formula is C23H28FN. The molecule has 0 spiro atoms. The minimum atomic E-state index is -0.187. The Morgan fingerprint density at radius 3 is 2.36 bits per heavy atom. The Morgan fingerprint density at radius 1 is 1.20 bits per heavy atom. The van der Waals surface area contributed by atoms with E-state index in [-0.39, 0.29) is 5.82 Å². The van der Waals surface area contributed by atoms with E-state index in [1.165, 1.54) is 0 Å². The first-order chi connectivity index (χ1) is 11.7. The predicted molar refractivity (Wildman–Crippen MR) is 108 cm³/mol. The second kappa shape index (κ2) is 9.03. The van der Waals surface area contributed by atoms with E-state index >= 15 is 0 Å². The van der Waals surface area contributed by atoms with Crippen LogP contribution in [0, 0.1) is 12.7 Å². The van der Waals surface area contributed by atoms with Crippen molar-refractivity contribution < 1.29 is 4.39 Å². The van der Waals surface area contributed by atoms with Crippen LogP contribution in [-0.2, 0) is 6.54 Å². The van der Waals surface area contributed by atoms with E-state index in [2.05, 4.69) is 31.6 Å². The summed E-state index contributed by atoms with van der Waals surface area (Å²) in [5, 5.41) is 3.20. The maximum Gasteiger partial charge on any atom is 0.131 e. The van der Waals surface area contributed by atoms with Gasteiger partial charge in [0.05, 0.1) is 0 Å². The average Bonchev–Trinajstić information content (AvgIpc) is 2.57. The van der Waals surface area contributed by atoms with Gasteiger partial charge in [-0.05, 0) is 55.6 Å². The van der Waals surface area contributed by atoms with Gasteiger partial charge in [0.15, 0.2) is 0 Å². The lowest BCUT2D eigenvalue weighted by atomic mass is 9.91. The molecule has 0 unspecified atom stereocenters. The van der Waals surface area contributed by atoms with Gasteiger partial charge in [0, 0.05) is 17.8 Å². The van der Waals surface area contributed by atoms with Gasteiger partial charge in [-0.1, -0.05) is 62.2 Å². The van der Waals surface area contributed by atoms with Crippen molar-refractivity contribution in [1.29, 1.82) is 0 Å². The molecule has 1 nitrogen and oxygen atoms in total. The number of benzene rings is 1. The van der Waals surface area contributed by atoms with Crippen LogP contribution in [0.1, 0.15) is 31.9 Å². The molecule has 2 heteroatoms. The molecule has 0 aromatic heterocycles. The zero-order valence-corrected chi connectivity index (χ0v) is 15.8. The highest BCUT2D eigenvalue weighted by atomic mass is 19.1. The zero-order valence-electron chi connectivity index (χ0n) is 15.8. The summed E-state index contributed by atoms with van der Waals surface area (Å²) in [6, 6.07) is 5.38. The zero-order chi connectivity index (χ0) is 19.1. The molecular weight excluding hydrogens is 309 g/mol. The van der Waals surface area contributed by atoms with E-state index < -0.39 is 0 Å². The van der Waals surface area contributed by atoms with Gasteiger partial charge in [-0.3, -0.25) is 0 Å². The summed E-state index contributed by atoms with van der Waals surface area (Å²) in [7, 11) is 0. The second-order valence-corrected chi connectivity index (χ2v) is 6.08. The summed E-state index contributed by atoms with van der Waals surface area (Å²) in [5.41, 5.74) is 6.58. The van der Waals surface area contributed by atoms with Crippen LogP contribution in [0.4, 0.5) is 4.39 Å². The van der Waals surface area contributed by atoms with E-state index in [9.17, 15) is 4.39 Å². The molecule has 0 saturated carbocycles. The smallest absolute Gasteiger partial charge is 0.131 e. The van der Waals surface area contributed by atoms with Crippen molar-refractivity contribution in [2.45, 2.75) is 34.2 Å². The molecule has 0 atom stereocenters. The van der Waals surface area contributed by atoms with Gasteiger partial charge in [0.25, 0.3) is 0 Å². The van der Waals surface area contributed by atoms with Crippen molar-refractivity contribution in [2.75, 3.05) is 0 Å². The Kier molecular flexibility index (Phi) is 7.38. The maximum atomic E-state index is 14.1. The highest BCUT2D eigenvalue weighted by molar-refractivity contribution is 5.59. The molecule has 1 aromatic carbocycles. The molecule has 0 saturated heterocycles. The molecule has 132 valence electrons. The molecule has 25 heavy (non-hydrogen) atoms. The average molecular weight is 337 g/mol. The summed E-state index contributed by atoms with van der Waals surface area (Å²) in [5.74, 6) is -0.187. The monoisotopic (exact) mass is 337 g/mol. The highest BCUT2D eigenvalue weighted by Gasteiger charge is 2.13. The van der Waals surface area contributed by atoms with E-state index in [0.29, 0.717) is 23.4 Å². The molecule has 0 aliphatic rings. The Labute approximate surface area is 151 Å². The third-order valence-corrected chi connectivity index (χ3v) is 4.28. The van der Waals surface area contributed by atoms with Gasteiger partial charge in [0.2, 0.25) is 0 Å². The minimum absolute atomic E-state index is 0.187. The molecule has 0 aliphatic carbocycles. The molecule has 1 rings (SSSR count). The Hall–Kier alpha value is -2.61. The number of nitrogens with one attached hydrogen (secondary N) is 1.